The number of hydrogen-bond donors (Lipinski definition) is 4. The molecule has 0 aliphatic carbocycles. The first-order chi connectivity index (χ1) is 10.8. The van der Waals surface area contributed by atoms with Gasteiger partial charge in [0.25, 0.3) is 0 Å². The lowest BCUT2D eigenvalue weighted by Gasteiger charge is -2.46. The van der Waals surface area contributed by atoms with Gasteiger partial charge in [0.2, 0.25) is 5.91 Å². The average Bonchev–Trinajstić information content (AvgIpc) is 3.00. The first kappa shape index (κ1) is 15.8. The Hall–Kier alpha value is -2.09. The van der Waals surface area contributed by atoms with Crippen LogP contribution in [-0.2, 0) is 9.59 Å². The van der Waals surface area contributed by atoms with E-state index < -0.39 is 18.0 Å². The van der Waals surface area contributed by atoms with Crippen molar-refractivity contribution in [2.45, 2.75) is 32.4 Å². The number of aliphatic hydroxyl groups excluding tert-OH is 1. The maximum absolute atomic E-state index is 12.3. The van der Waals surface area contributed by atoms with Crippen LogP contribution in [0.1, 0.15) is 20.3 Å². The number of fused-ring (bicyclic) bond motifs is 1. The highest BCUT2D eigenvalue weighted by molar-refractivity contribution is 6.00. The van der Waals surface area contributed by atoms with Gasteiger partial charge >= 0.3 is 5.97 Å². The Balaban J connectivity index is 1.94. The van der Waals surface area contributed by atoms with Crippen LogP contribution >= 0.6 is 0 Å². The highest BCUT2D eigenvalue weighted by Gasteiger charge is 2.60. The number of nitrogens with zero attached hydrogens (tertiary/aromatic N) is 2. The third kappa shape index (κ3) is 2.12. The van der Waals surface area contributed by atoms with Crippen molar-refractivity contribution in [1.29, 1.82) is 5.41 Å². The number of nitrogens with one attached hydrogen (secondary N) is 1. The van der Waals surface area contributed by atoms with E-state index in [-0.39, 0.29) is 35.4 Å². The van der Waals surface area contributed by atoms with E-state index in [9.17, 15) is 19.8 Å². The van der Waals surface area contributed by atoms with Crippen LogP contribution in [0, 0.1) is 23.2 Å². The van der Waals surface area contributed by atoms with Crippen LogP contribution in [0.15, 0.2) is 11.3 Å². The van der Waals surface area contributed by atoms with Crippen molar-refractivity contribution in [3.63, 3.8) is 0 Å². The van der Waals surface area contributed by atoms with Crippen molar-refractivity contribution < 1.29 is 19.8 Å². The minimum atomic E-state index is -1.10. The Labute approximate surface area is 134 Å². The Morgan fingerprint density at radius 1 is 1.48 bits per heavy atom. The van der Waals surface area contributed by atoms with E-state index in [0.717, 1.165) is 5.57 Å². The summed E-state index contributed by atoms with van der Waals surface area (Å²) in [5.74, 6) is -2.12. The van der Waals surface area contributed by atoms with Gasteiger partial charge in [0.1, 0.15) is 5.70 Å². The largest absolute Gasteiger partial charge is 0.477 e. The standard InChI is InChI=1S/C15H22N4O4/c1-6-9(8-3-4-18(5-8)15(16)17)12(14(22)23)19-11(6)10(7(2)20)13(19)21/h6-8,10-11,20H,3-5H2,1-2H3,(H3,16,17)(H,22,23)/t6-,7?,8?,10+,11+/m0/s1. The minimum Gasteiger partial charge on any atom is -0.477 e. The van der Waals surface area contributed by atoms with Gasteiger partial charge in [0.05, 0.1) is 18.1 Å². The fraction of sp³-hybridized carbons (Fsp3) is 0.667. The zero-order valence-corrected chi connectivity index (χ0v) is 13.2. The van der Waals surface area contributed by atoms with E-state index in [1.807, 2.05) is 6.92 Å². The summed E-state index contributed by atoms with van der Waals surface area (Å²) in [6, 6.07) is -0.282. The molecule has 2 unspecified atom stereocenters. The van der Waals surface area contributed by atoms with Crippen LogP contribution in [0.4, 0.5) is 0 Å². The van der Waals surface area contributed by atoms with Crippen molar-refractivity contribution >= 4 is 17.8 Å². The van der Waals surface area contributed by atoms with Crippen molar-refractivity contribution in [2.24, 2.45) is 23.5 Å². The number of rotatable bonds is 3. The highest BCUT2D eigenvalue weighted by Crippen LogP contribution is 2.50. The molecule has 3 aliphatic heterocycles. The van der Waals surface area contributed by atoms with Crippen molar-refractivity contribution in [2.75, 3.05) is 13.1 Å². The molecule has 3 heterocycles. The summed E-state index contributed by atoms with van der Waals surface area (Å²) in [6.07, 6.45) is -0.0812. The molecule has 0 aromatic carbocycles. The fourth-order valence-electron chi connectivity index (χ4n) is 4.38. The summed E-state index contributed by atoms with van der Waals surface area (Å²) in [6.45, 7) is 4.60. The van der Waals surface area contributed by atoms with Crippen LogP contribution in [-0.4, -0.2) is 63.1 Å². The summed E-state index contributed by atoms with van der Waals surface area (Å²) in [5.41, 5.74) is 6.34. The summed E-state index contributed by atoms with van der Waals surface area (Å²) in [4.78, 5) is 27.1. The molecule has 0 aromatic heterocycles. The van der Waals surface area contributed by atoms with Gasteiger partial charge < -0.3 is 25.7 Å². The molecule has 3 rings (SSSR count). The topological polar surface area (TPSA) is 131 Å². The summed E-state index contributed by atoms with van der Waals surface area (Å²) in [5, 5.41) is 27.0. The number of aliphatic carboxylic acids is 1. The van der Waals surface area contributed by atoms with Crippen LogP contribution in [0.25, 0.3) is 0 Å². The zero-order valence-electron chi connectivity index (χ0n) is 13.2. The van der Waals surface area contributed by atoms with Crippen LogP contribution < -0.4 is 5.73 Å². The molecule has 126 valence electrons. The van der Waals surface area contributed by atoms with E-state index in [4.69, 9.17) is 11.1 Å². The number of likely N-dealkylation sites (tertiary alicyclic amines) is 1. The molecule has 5 N–H and O–H groups in total. The number of guanidine groups is 1. The van der Waals surface area contributed by atoms with Crippen LogP contribution in [0.2, 0.25) is 0 Å². The number of amides is 1. The first-order valence-corrected chi connectivity index (χ1v) is 7.83. The van der Waals surface area contributed by atoms with E-state index in [1.165, 1.54) is 4.90 Å². The van der Waals surface area contributed by atoms with Crippen molar-refractivity contribution in [3.8, 4) is 0 Å². The van der Waals surface area contributed by atoms with Gasteiger partial charge in [-0.2, -0.15) is 0 Å². The summed E-state index contributed by atoms with van der Waals surface area (Å²) >= 11 is 0. The predicted octanol–water partition coefficient (Wildman–Crippen LogP) is -0.602. The number of carbonyl (C=O) groups excluding carboxylic acids is 1. The maximum Gasteiger partial charge on any atom is 0.352 e. The van der Waals surface area contributed by atoms with Gasteiger partial charge in [0.15, 0.2) is 5.96 Å². The van der Waals surface area contributed by atoms with Crippen molar-refractivity contribution in [3.05, 3.63) is 11.3 Å². The molecule has 23 heavy (non-hydrogen) atoms. The number of nitrogens with two attached hydrogens (primary N) is 1. The van der Waals surface area contributed by atoms with Gasteiger partial charge in [-0.25, -0.2) is 4.79 Å². The number of carbonyl (C=O) groups is 2. The quantitative estimate of drug-likeness (QED) is 0.312. The van der Waals surface area contributed by atoms with Crippen LogP contribution in [0.5, 0.6) is 0 Å². The second-order valence-electron chi connectivity index (χ2n) is 6.68. The second kappa shape index (κ2) is 5.23. The molecule has 0 saturated carbocycles. The average molecular weight is 322 g/mol. The lowest BCUT2D eigenvalue weighted by atomic mass is 9.76. The number of β-lactam (4-membered cyclic amide) rings is 1. The number of carboxylic acids is 1. The molecule has 0 radical (unpaired) electrons. The predicted molar refractivity (Wildman–Crippen MR) is 81.2 cm³/mol. The smallest absolute Gasteiger partial charge is 0.352 e. The van der Waals surface area contributed by atoms with Gasteiger partial charge in [0, 0.05) is 24.9 Å². The second-order valence-corrected chi connectivity index (χ2v) is 6.68. The lowest BCUT2D eigenvalue weighted by molar-refractivity contribution is -0.163. The Morgan fingerprint density at radius 3 is 2.61 bits per heavy atom. The maximum atomic E-state index is 12.3. The monoisotopic (exact) mass is 322 g/mol. The van der Waals surface area contributed by atoms with Gasteiger partial charge in [-0.1, -0.05) is 6.92 Å². The summed E-state index contributed by atoms with van der Waals surface area (Å²) in [7, 11) is 0. The zero-order chi connectivity index (χ0) is 17.0. The molecule has 0 spiro atoms. The molecule has 1 amide bonds. The Morgan fingerprint density at radius 2 is 2.13 bits per heavy atom. The third-order valence-corrected chi connectivity index (χ3v) is 5.40. The normalized spacial score (nSPS) is 34.5. The minimum absolute atomic E-state index is 0.0168. The molecule has 8 nitrogen and oxygen atoms in total. The molecule has 5 atom stereocenters. The number of hydrogen-bond acceptors (Lipinski definition) is 4. The van der Waals surface area contributed by atoms with Gasteiger partial charge in [-0.15, -0.1) is 0 Å². The third-order valence-electron chi connectivity index (χ3n) is 5.40. The molecule has 3 aliphatic rings. The molecule has 0 bridgehead atoms. The van der Waals surface area contributed by atoms with Gasteiger partial charge in [-0.05, 0) is 18.9 Å². The molecule has 2 fully saturated rings. The number of carboxylic acid groups (broad SMARTS) is 1. The molecule has 2 saturated heterocycles. The molecule has 0 aromatic rings. The molecular formula is C15H22N4O4. The number of aliphatic hydroxyl groups is 1. The Kier molecular flexibility index (Phi) is 3.59. The van der Waals surface area contributed by atoms with E-state index >= 15 is 0 Å². The highest BCUT2D eigenvalue weighted by atomic mass is 16.4. The fourth-order valence-corrected chi connectivity index (χ4v) is 4.38. The van der Waals surface area contributed by atoms with Crippen LogP contribution in [0.3, 0.4) is 0 Å². The summed E-state index contributed by atoms with van der Waals surface area (Å²) < 4.78 is 0. The molecular weight excluding hydrogens is 300 g/mol. The SMILES string of the molecule is CC(O)[C@H]1C(=O)N2C(C(=O)O)=C(C3CCN(C(=N)N)C3)[C@H](C)[C@H]12. The van der Waals surface area contributed by atoms with E-state index in [0.29, 0.717) is 19.5 Å². The van der Waals surface area contributed by atoms with Crippen molar-refractivity contribution in [1.82, 2.24) is 9.80 Å². The lowest BCUT2D eigenvalue weighted by Crippen LogP contribution is -2.63. The van der Waals surface area contributed by atoms with Gasteiger partial charge in [-0.3, -0.25) is 10.2 Å². The first-order valence-electron chi connectivity index (χ1n) is 7.83. The van der Waals surface area contributed by atoms with E-state index in [2.05, 4.69) is 0 Å². The van der Waals surface area contributed by atoms with E-state index in [1.54, 1.807) is 11.8 Å². The molecule has 8 heteroatoms. The Bertz CT molecular complexity index is 615.